The second-order valence-electron chi connectivity index (χ2n) is 12.8. The lowest BCUT2D eigenvalue weighted by Gasteiger charge is -2.46. The fourth-order valence-corrected chi connectivity index (χ4v) is 7.58. The standard InChI is InChI=1S/C35H47NO4/c1-25-8-7-18-34(2)32(17-19-35(34,39)24-36-20-5-4-6-21-36)30-16-10-26(22-28(37)13-9-25)23-31(30)33(38)27-11-14-29(40-3)15-12-27/h8,10-12,14-16,23,28,32,37,39H,4-7,9,13,17-22,24H2,1-3H3. The molecule has 2 fully saturated rings. The van der Waals surface area contributed by atoms with Crippen molar-refractivity contribution in [3.63, 3.8) is 0 Å². The van der Waals surface area contributed by atoms with Crippen LogP contribution in [-0.4, -0.2) is 59.3 Å². The quantitative estimate of drug-likeness (QED) is 0.334. The highest BCUT2D eigenvalue weighted by Gasteiger charge is 2.57. The number of allylic oxidation sites excluding steroid dienone is 2. The van der Waals surface area contributed by atoms with Gasteiger partial charge in [-0.15, -0.1) is 0 Å². The molecule has 2 aromatic carbocycles. The molecule has 3 aliphatic carbocycles. The first kappa shape index (κ1) is 29.0. The highest BCUT2D eigenvalue weighted by Crippen LogP contribution is 2.59. The monoisotopic (exact) mass is 545 g/mol. The number of aliphatic hydroxyl groups excluding tert-OH is 1. The molecular formula is C35H47NO4. The Kier molecular flexibility index (Phi) is 8.84. The van der Waals surface area contributed by atoms with E-state index in [-0.39, 0.29) is 17.1 Å². The first-order valence-electron chi connectivity index (χ1n) is 15.3. The van der Waals surface area contributed by atoms with Gasteiger partial charge in [-0.05, 0) is 125 Å². The van der Waals surface area contributed by atoms with Crippen LogP contribution in [0.25, 0.3) is 0 Å². The molecule has 6 rings (SSSR count). The van der Waals surface area contributed by atoms with Crippen molar-refractivity contribution in [2.45, 2.75) is 95.7 Å². The van der Waals surface area contributed by atoms with Crippen LogP contribution in [0.2, 0.25) is 0 Å². The van der Waals surface area contributed by atoms with Crippen LogP contribution in [0.5, 0.6) is 5.75 Å². The van der Waals surface area contributed by atoms with Gasteiger partial charge < -0.3 is 19.8 Å². The normalized spacial score (nSPS) is 29.9. The first-order chi connectivity index (χ1) is 19.2. The van der Waals surface area contributed by atoms with Gasteiger partial charge in [-0.2, -0.15) is 0 Å². The Morgan fingerprint density at radius 3 is 2.52 bits per heavy atom. The predicted molar refractivity (Wildman–Crippen MR) is 160 cm³/mol. The molecule has 2 aromatic rings. The van der Waals surface area contributed by atoms with Crippen molar-refractivity contribution in [3.8, 4) is 5.75 Å². The minimum absolute atomic E-state index is 0.00866. The van der Waals surface area contributed by atoms with Gasteiger partial charge in [-0.25, -0.2) is 0 Å². The Morgan fingerprint density at radius 2 is 1.80 bits per heavy atom. The van der Waals surface area contributed by atoms with Gasteiger partial charge in [-0.3, -0.25) is 4.79 Å². The van der Waals surface area contributed by atoms with Crippen molar-refractivity contribution >= 4 is 5.78 Å². The van der Waals surface area contributed by atoms with Crippen LogP contribution in [0.15, 0.2) is 54.1 Å². The van der Waals surface area contributed by atoms with Gasteiger partial charge in [0.1, 0.15) is 5.75 Å². The van der Waals surface area contributed by atoms with Crippen molar-refractivity contribution in [2.75, 3.05) is 26.7 Å². The predicted octanol–water partition coefficient (Wildman–Crippen LogP) is 6.45. The molecule has 5 heteroatoms. The summed E-state index contributed by atoms with van der Waals surface area (Å²) in [6.45, 7) is 7.25. The molecule has 0 amide bonds. The summed E-state index contributed by atoms with van der Waals surface area (Å²) in [4.78, 5) is 16.6. The van der Waals surface area contributed by atoms with E-state index in [9.17, 15) is 15.0 Å². The van der Waals surface area contributed by atoms with Gasteiger partial charge in [-0.1, -0.05) is 37.1 Å². The molecule has 0 radical (unpaired) electrons. The first-order valence-corrected chi connectivity index (χ1v) is 15.3. The number of likely N-dealkylation sites (tertiary alicyclic amines) is 1. The van der Waals surface area contributed by atoms with Crippen molar-refractivity contribution in [1.29, 1.82) is 0 Å². The zero-order chi connectivity index (χ0) is 28.3. The van der Waals surface area contributed by atoms with Gasteiger partial charge in [0.25, 0.3) is 0 Å². The van der Waals surface area contributed by atoms with Crippen LogP contribution in [0.1, 0.15) is 105 Å². The van der Waals surface area contributed by atoms with E-state index in [4.69, 9.17) is 4.74 Å². The van der Waals surface area contributed by atoms with Crippen LogP contribution in [0.4, 0.5) is 0 Å². The Morgan fingerprint density at radius 1 is 1.05 bits per heavy atom. The van der Waals surface area contributed by atoms with E-state index >= 15 is 0 Å². The third-order valence-electron chi connectivity index (χ3n) is 10.2. The van der Waals surface area contributed by atoms with E-state index in [2.05, 4.69) is 37.0 Å². The number of ketones is 1. The summed E-state index contributed by atoms with van der Waals surface area (Å²) in [5, 5.41) is 23.3. The molecular weight excluding hydrogens is 498 g/mol. The molecule has 2 bridgehead atoms. The maximum absolute atomic E-state index is 14.1. The number of benzene rings is 2. The third-order valence-corrected chi connectivity index (χ3v) is 10.2. The second kappa shape index (κ2) is 12.2. The summed E-state index contributed by atoms with van der Waals surface area (Å²) in [6, 6.07) is 13.6. The van der Waals surface area contributed by atoms with Crippen molar-refractivity contribution in [2.24, 2.45) is 5.41 Å². The van der Waals surface area contributed by atoms with E-state index in [0.717, 1.165) is 62.1 Å². The number of nitrogens with zero attached hydrogens (tertiary/aromatic N) is 1. The molecule has 4 atom stereocenters. The molecule has 216 valence electrons. The average Bonchev–Trinajstić information content (AvgIpc) is 3.21. The number of aliphatic hydroxyl groups is 2. The minimum atomic E-state index is -0.816. The molecule has 4 unspecified atom stereocenters. The van der Waals surface area contributed by atoms with Gasteiger partial charge in [0.05, 0.1) is 18.8 Å². The van der Waals surface area contributed by atoms with Gasteiger partial charge in [0.2, 0.25) is 0 Å². The number of piperidine rings is 1. The Balaban J connectivity index is 1.58. The van der Waals surface area contributed by atoms with Crippen LogP contribution < -0.4 is 4.74 Å². The van der Waals surface area contributed by atoms with E-state index < -0.39 is 11.7 Å². The number of carbonyl (C=O) groups excluding carboxylic acids is 1. The Hall–Kier alpha value is -2.47. The SMILES string of the molecule is COc1ccc(C(=O)c2cc3ccc2C2CCC(O)(CN4CCCCC4)C2(C)CCC=C(C)CCC(O)C3)cc1. The Labute approximate surface area is 240 Å². The molecule has 2 N–H and O–H groups in total. The maximum Gasteiger partial charge on any atom is 0.193 e. The van der Waals surface area contributed by atoms with Crippen LogP contribution >= 0.6 is 0 Å². The fourth-order valence-electron chi connectivity index (χ4n) is 7.58. The summed E-state index contributed by atoms with van der Waals surface area (Å²) < 4.78 is 5.32. The van der Waals surface area contributed by atoms with Crippen LogP contribution in [-0.2, 0) is 6.42 Å². The van der Waals surface area contributed by atoms with Gasteiger partial charge in [0.15, 0.2) is 5.78 Å². The van der Waals surface area contributed by atoms with Crippen LogP contribution in [0, 0.1) is 5.41 Å². The molecule has 40 heavy (non-hydrogen) atoms. The molecule has 0 aromatic heterocycles. The third kappa shape index (κ3) is 5.93. The number of hydrogen-bond donors (Lipinski definition) is 2. The molecule has 1 aliphatic heterocycles. The largest absolute Gasteiger partial charge is 0.497 e. The van der Waals surface area contributed by atoms with Crippen LogP contribution in [0.3, 0.4) is 0 Å². The van der Waals surface area contributed by atoms with E-state index in [0.29, 0.717) is 30.5 Å². The Bertz CT molecular complexity index is 1210. The molecule has 4 aliphatic rings. The second-order valence-corrected chi connectivity index (χ2v) is 12.8. The number of ether oxygens (including phenoxy) is 1. The van der Waals surface area contributed by atoms with Crippen molar-refractivity contribution in [1.82, 2.24) is 4.90 Å². The molecule has 1 saturated carbocycles. The van der Waals surface area contributed by atoms with Crippen molar-refractivity contribution in [3.05, 3.63) is 76.4 Å². The van der Waals surface area contributed by atoms with Gasteiger partial charge >= 0.3 is 0 Å². The van der Waals surface area contributed by atoms with Gasteiger partial charge in [0, 0.05) is 23.1 Å². The minimum Gasteiger partial charge on any atom is -0.497 e. The van der Waals surface area contributed by atoms with E-state index in [1.165, 1.54) is 24.8 Å². The molecule has 5 nitrogen and oxygen atoms in total. The summed E-state index contributed by atoms with van der Waals surface area (Å²) >= 11 is 0. The highest BCUT2D eigenvalue weighted by molar-refractivity contribution is 6.10. The lowest BCUT2D eigenvalue weighted by atomic mass is 9.64. The van der Waals surface area contributed by atoms with E-state index in [1.807, 2.05) is 30.3 Å². The summed E-state index contributed by atoms with van der Waals surface area (Å²) in [5.41, 5.74) is 3.46. The summed E-state index contributed by atoms with van der Waals surface area (Å²) in [6.07, 6.45) is 11.0. The number of fused-ring (bicyclic) bond motifs is 8. The number of β-amino-alcohol motifs (C(OH)–C–C–N with tert-alkyl or cyclic N) is 1. The summed E-state index contributed by atoms with van der Waals surface area (Å²) in [5.74, 6) is 0.776. The zero-order valence-corrected chi connectivity index (χ0v) is 24.6. The lowest BCUT2D eigenvalue weighted by Crippen LogP contribution is -2.53. The maximum atomic E-state index is 14.1. The number of rotatable bonds is 5. The highest BCUT2D eigenvalue weighted by atomic mass is 16.5. The van der Waals surface area contributed by atoms with E-state index in [1.54, 1.807) is 7.11 Å². The number of methoxy groups -OCH3 is 1. The smallest absolute Gasteiger partial charge is 0.193 e. The molecule has 1 saturated heterocycles. The summed E-state index contributed by atoms with van der Waals surface area (Å²) in [7, 11) is 1.63. The number of carbonyl (C=O) groups is 1. The topological polar surface area (TPSA) is 70.0 Å². The fraction of sp³-hybridized carbons (Fsp3) is 0.571. The zero-order valence-electron chi connectivity index (χ0n) is 24.6. The van der Waals surface area contributed by atoms with Crippen molar-refractivity contribution < 1.29 is 19.7 Å². The number of hydrogen-bond acceptors (Lipinski definition) is 5. The molecule has 1 heterocycles. The lowest BCUT2D eigenvalue weighted by molar-refractivity contribution is -0.0857. The molecule has 0 spiro atoms. The average molecular weight is 546 g/mol.